The first-order valence-corrected chi connectivity index (χ1v) is 9.59. The molecule has 0 aliphatic heterocycles. The van der Waals surface area contributed by atoms with E-state index >= 15 is 0 Å². The Hall–Kier alpha value is -2.49. The van der Waals surface area contributed by atoms with Crippen LogP contribution in [-0.2, 0) is 11.3 Å². The summed E-state index contributed by atoms with van der Waals surface area (Å²) in [4.78, 5) is 14.3. The van der Waals surface area contributed by atoms with E-state index in [9.17, 15) is 4.79 Å². The average Bonchev–Trinajstić information content (AvgIpc) is 2.61. The van der Waals surface area contributed by atoms with Gasteiger partial charge in [0.25, 0.3) is 0 Å². The molecule has 4 nitrogen and oxygen atoms in total. The third-order valence-electron chi connectivity index (χ3n) is 4.51. The minimum atomic E-state index is -0.500. The summed E-state index contributed by atoms with van der Waals surface area (Å²) in [6.45, 7) is 13.1. The van der Waals surface area contributed by atoms with Gasteiger partial charge < -0.3 is 15.0 Å². The molecule has 0 radical (unpaired) electrons. The predicted molar refractivity (Wildman–Crippen MR) is 112 cm³/mol. The van der Waals surface area contributed by atoms with Gasteiger partial charge in [0.05, 0.1) is 6.04 Å². The Kier molecular flexibility index (Phi) is 6.89. The number of hydrogen-bond donors (Lipinski definition) is 1. The van der Waals surface area contributed by atoms with Crippen molar-refractivity contribution >= 4 is 11.8 Å². The van der Waals surface area contributed by atoms with Crippen molar-refractivity contribution in [1.82, 2.24) is 4.90 Å². The first-order valence-electron chi connectivity index (χ1n) is 9.59. The zero-order valence-corrected chi connectivity index (χ0v) is 17.4. The number of carbonyl (C=O) groups excluding carboxylic acids is 1. The second kappa shape index (κ2) is 8.94. The summed E-state index contributed by atoms with van der Waals surface area (Å²) in [6.07, 6.45) is -0.281. The van der Waals surface area contributed by atoms with Gasteiger partial charge in [-0.2, -0.15) is 0 Å². The first-order chi connectivity index (χ1) is 12.7. The Balaban J connectivity index is 2.15. The van der Waals surface area contributed by atoms with E-state index in [1.165, 1.54) is 11.1 Å². The van der Waals surface area contributed by atoms with Gasteiger partial charge in [-0.1, -0.05) is 42.5 Å². The highest BCUT2D eigenvalue weighted by Gasteiger charge is 2.25. The van der Waals surface area contributed by atoms with Crippen molar-refractivity contribution in [3.05, 3.63) is 65.2 Å². The van der Waals surface area contributed by atoms with E-state index in [0.717, 1.165) is 17.8 Å². The second-order valence-corrected chi connectivity index (χ2v) is 7.86. The number of hydrogen-bond acceptors (Lipinski definition) is 3. The Morgan fingerprint density at radius 3 is 2.41 bits per heavy atom. The van der Waals surface area contributed by atoms with Gasteiger partial charge in [0.2, 0.25) is 0 Å². The number of rotatable bonds is 6. The van der Waals surface area contributed by atoms with Gasteiger partial charge in [-0.3, -0.25) is 0 Å². The fraction of sp³-hybridized carbons (Fsp3) is 0.435. The van der Waals surface area contributed by atoms with Crippen LogP contribution >= 0.6 is 0 Å². The predicted octanol–water partition coefficient (Wildman–Crippen LogP) is 5.93. The maximum Gasteiger partial charge on any atom is 0.410 e. The van der Waals surface area contributed by atoms with E-state index in [-0.39, 0.29) is 12.1 Å². The van der Waals surface area contributed by atoms with Crippen LogP contribution in [-0.4, -0.2) is 23.1 Å². The maximum atomic E-state index is 12.6. The van der Waals surface area contributed by atoms with Gasteiger partial charge >= 0.3 is 6.09 Å². The molecule has 0 spiro atoms. The van der Waals surface area contributed by atoms with Crippen molar-refractivity contribution in [1.29, 1.82) is 0 Å². The van der Waals surface area contributed by atoms with Crippen LogP contribution in [0.5, 0.6) is 0 Å². The number of nitrogens with one attached hydrogen (secondary N) is 1. The van der Waals surface area contributed by atoms with Crippen LogP contribution in [0.15, 0.2) is 48.5 Å². The third-order valence-corrected chi connectivity index (χ3v) is 4.51. The van der Waals surface area contributed by atoms with Gasteiger partial charge in [-0.05, 0) is 64.3 Å². The lowest BCUT2D eigenvalue weighted by atomic mass is 10.0. The van der Waals surface area contributed by atoms with E-state index < -0.39 is 5.60 Å². The topological polar surface area (TPSA) is 41.6 Å². The van der Waals surface area contributed by atoms with Crippen LogP contribution < -0.4 is 5.32 Å². The molecule has 4 heteroatoms. The lowest BCUT2D eigenvalue weighted by molar-refractivity contribution is 0.0186. The molecule has 1 atom stereocenters. The first kappa shape index (κ1) is 20.8. The van der Waals surface area contributed by atoms with Crippen molar-refractivity contribution in [2.45, 2.75) is 59.7 Å². The number of amides is 1. The standard InChI is InChI=1S/C23H32N2O2/c1-7-25(22(26)27-23(4,5)6)18(3)20-14-13-17(2)21(15-20)24-16-19-11-9-8-10-12-19/h8-15,18,24H,7,16H2,1-6H3/t18-/m1/s1. The molecule has 0 aromatic heterocycles. The average molecular weight is 369 g/mol. The Bertz CT molecular complexity index is 751. The maximum absolute atomic E-state index is 12.6. The highest BCUT2D eigenvalue weighted by atomic mass is 16.6. The molecule has 1 amide bonds. The zero-order chi connectivity index (χ0) is 20.0. The molecule has 2 aromatic carbocycles. The second-order valence-electron chi connectivity index (χ2n) is 7.86. The number of carbonyl (C=O) groups is 1. The summed E-state index contributed by atoms with van der Waals surface area (Å²) in [5.74, 6) is 0. The lowest BCUT2D eigenvalue weighted by Crippen LogP contribution is -2.38. The largest absolute Gasteiger partial charge is 0.444 e. The molecule has 1 N–H and O–H groups in total. The summed E-state index contributed by atoms with van der Waals surface area (Å²) in [5.41, 5.74) is 4.09. The van der Waals surface area contributed by atoms with Crippen LogP contribution in [0.1, 0.15) is 57.4 Å². The molecule has 0 saturated carbocycles. The molecule has 0 aliphatic rings. The number of anilines is 1. The molecule has 27 heavy (non-hydrogen) atoms. The molecule has 0 unspecified atom stereocenters. The van der Waals surface area contributed by atoms with Crippen LogP contribution in [0.25, 0.3) is 0 Å². The Labute approximate surface area is 163 Å². The molecule has 0 heterocycles. The van der Waals surface area contributed by atoms with E-state index in [4.69, 9.17) is 4.74 Å². The highest BCUT2D eigenvalue weighted by molar-refractivity contribution is 5.69. The van der Waals surface area contributed by atoms with Crippen molar-refractivity contribution in [2.24, 2.45) is 0 Å². The monoisotopic (exact) mass is 368 g/mol. The summed E-state index contributed by atoms with van der Waals surface area (Å²) < 4.78 is 5.56. The van der Waals surface area contributed by atoms with Crippen LogP contribution in [0.4, 0.5) is 10.5 Å². The highest BCUT2D eigenvalue weighted by Crippen LogP contribution is 2.27. The van der Waals surface area contributed by atoms with Crippen molar-refractivity contribution in [3.63, 3.8) is 0 Å². The molecule has 0 bridgehead atoms. The van der Waals surface area contributed by atoms with Crippen molar-refractivity contribution in [3.8, 4) is 0 Å². The minimum absolute atomic E-state index is 0.0669. The molecular weight excluding hydrogens is 336 g/mol. The number of benzene rings is 2. The smallest absolute Gasteiger partial charge is 0.410 e. The van der Waals surface area contributed by atoms with E-state index in [0.29, 0.717) is 6.54 Å². The number of aryl methyl sites for hydroxylation is 1. The fourth-order valence-electron chi connectivity index (χ4n) is 2.94. The molecule has 0 aliphatic carbocycles. The van der Waals surface area contributed by atoms with Gasteiger partial charge in [-0.25, -0.2) is 4.79 Å². The van der Waals surface area contributed by atoms with Crippen LogP contribution in [0.2, 0.25) is 0 Å². The van der Waals surface area contributed by atoms with Gasteiger partial charge in [0.15, 0.2) is 0 Å². The minimum Gasteiger partial charge on any atom is -0.444 e. The van der Waals surface area contributed by atoms with Gasteiger partial charge in [-0.15, -0.1) is 0 Å². The van der Waals surface area contributed by atoms with Crippen molar-refractivity contribution < 1.29 is 9.53 Å². The molecule has 2 rings (SSSR count). The van der Waals surface area contributed by atoms with Crippen molar-refractivity contribution in [2.75, 3.05) is 11.9 Å². The third kappa shape index (κ3) is 6.02. The van der Waals surface area contributed by atoms with E-state index in [2.05, 4.69) is 42.6 Å². The normalized spacial score (nSPS) is 12.4. The summed E-state index contributed by atoms with van der Waals surface area (Å²) in [5, 5.41) is 3.51. The molecule has 0 saturated heterocycles. The lowest BCUT2D eigenvalue weighted by Gasteiger charge is -2.31. The molecule has 146 valence electrons. The Morgan fingerprint density at radius 1 is 1.15 bits per heavy atom. The number of nitrogens with zero attached hydrogens (tertiary/aromatic N) is 1. The van der Waals surface area contributed by atoms with Gasteiger partial charge in [0, 0.05) is 18.8 Å². The fourth-order valence-corrected chi connectivity index (χ4v) is 2.94. The van der Waals surface area contributed by atoms with Gasteiger partial charge in [0.1, 0.15) is 5.60 Å². The summed E-state index contributed by atoms with van der Waals surface area (Å²) in [6, 6.07) is 16.6. The quantitative estimate of drug-likeness (QED) is 0.687. The zero-order valence-electron chi connectivity index (χ0n) is 17.4. The molecule has 2 aromatic rings. The summed E-state index contributed by atoms with van der Waals surface area (Å²) >= 11 is 0. The number of ether oxygens (including phenoxy) is 1. The molecular formula is C23H32N2O2. The van der Waals surface area contributed by atoms with Crippen LogP contribution in [0, 0.1) is 6.92 Å². The SMILES string of the molecule is CCN(C(=O)OC(C)(C)C)[C@H](C)c1ccc(C)c(NCc2ccccc2)c1. The summed E-state index contributed by atoms with van der Waals surface area (Å²) in [7, 11) is 0. The Morgan fingerprint density at radius 2 is 1.81 bits per heavy atom. The molecule has 0 fully saturated rings. The van der Waals surface area contributed by atoms with E-state index in [1.807, 2.05) is 52.8 Å². The van der Waals surface area contributed by atoms with E-state index in [1.54, 1.807) is 4.90 Å². The van der Waals surface area contributed by atoms with Crippen LogP contribution in [0.3, 0.4) is 0 Å².